The van der Waals surface area contributed by atoms with E-state index in [9.17, 15) is 0 Å². The summed E-state index contributed by atoms with van der Waals surface area (Å²) < 4.78 is 0. The van der Waals surface area contributed by atoms with Crippen LogP contribution in [0.25, 0.3) is 0 Å². The molecule has 0 N–H and O–H groups in total. The summed E-state index contributed by atoms with van der Waals surface area (Å²) in [6.45, 7) is 2.53. The lowest BCUT2D eigenvalue weighted by molar-refractivity contribution is 0.359. The van der Waals surface area contributed by atoms with Gasteiger partial charge in [0.1, 0.15) is 0 Å². The van der Waals surface area contributed by atoms with E-state index in [0.29, 0.717) is 6.71 Å². The van der Waals surface area contributed by atoms with Crippen LogP contribution in [0, 0.1) is 11.2 Å². The van der Waals surface area contributed by atoms with Gasteiger partial charge in [-0.2, -0.15) is 0 Å². The van der Waals surface area contributed by atoms with E-state index in [1.807, 2.05) is 0 Å². The van der Waals surface area contributed by atoms with Crippen LogP contribution in [0.15, 0.2) is 0 Å². The fourth-order valence-corrected chi connectivity index (χ4v) is 1.14. The second kappa shape index (κ2) is 2.88. The second-order valence-corrected chi connectivity index (χ2v) is 2.71. The normalized spacial score (nSPS) is 21.6. The number of nitrogens with zero attached hydrogens (tertiary/aromatic N) is 2. The fourth-order valence-electron chi connectivity index (χ4n) is 1.14. The zero-order chi connectivity index (χ0) is 6.69. The minimum atomic E-state index is 0.334. The standard InChI is InChI=1S/C6H11BN2/c1-9-4-2-7(6-8)3-5-9/h2-5H2,1H3. The van der Waals surface area contributed by atoms with Crippen LogP contribution >= 0.6 is 0 Å². The molecule has 1 aliphatic rings. The maximum absolute atomic E-state index is 8.51. The van der Waals surface area contributed by atoms with Gasteiger partial charge in [-0.05, 0) is 32.8 Å². The van der Waals surface area contributed by atoms with Gasteiger partial charge < -0.3 is 4.90 Å². The highest BCUT2D eigenvalue weighted by Gasteiger charge is 2.19. The van der Waals surface area contributed by atoms with Gasteiger partial charge in [0.25, 0.3) is 6.71 Å². The van der Waals surface area contributed by atoms with Crippen molar-refractivity contribution in [3.8, 4) is 5.97 Å². The van der Waals surface area contributed by atoms with Crippen molar-refractivity contribution in [2.24, 2.45) is 0 Å². The molecule has 1 aliphatic heterocycles. The Morgan fingerprint density at radius 1 is 1.44 bits per heavy atom. The summed E-state index contributed by atoms with van der Waals surface area (Å²) in [5.41, 5.74) is 0. The Morgan fingerprint density at radius 2 is 2.00 bits per heavy atom. The van der Waals surface area contributed by atoms with Crippen LogP contribution in [0.2, 0.25) is 12.6 Å². The van der Waals surface area contributed by atoms with Crippen LogP contribution in [0.5, 0.6) is 0 Å². The topological polar surface area (TPSA) is 27.0 Å². The highest BCUT2D eigenvalue weighted by molar-refractivity contribution is 6.67. The Kier molecular flexibility index (Phi) is 2.13. The third kappa shape index (κ3) is 1.72. The van der Waals surface area contributed by atoms with Gasteiger partial charge in [-0.3, -0.25) is 0 Å². The van der Waals surface area contributed by atoms with Gasteiger partial charge in [0, 0.05) is 5.97 Å². The van der Waals surface area contributed by atoms with Gasteiger partial charge >= 0.3 is 0 Å². The zero-order valence-electron chi connectivity index (χ0n) is 5.80. The third-order valence-electron chi connectivity index (χ3n) is 1.90. The van der Waals surface area contributed by atoms with Crippen LogP contribution in [0.3, 0.4) is 0 Å². The van der Waals surface area contributed by atoms with Crippen molar-refractivity contribution in [1.82, 2.24) is 4.90 Å². The minimum Gasteiger partial charge on any atom is -0.308 e. The zero-order valence-corrected chi connectivity index (χ0v) is 5.80. The Morgan fingerprint density at radius 3 is 2.44 bits per heavy atom. The molecule has 0 aliphatic carbocycles. The Bertz CT molecular complexity index is 122. The van der Waals surface area contributed by atoms with Crippen molar-refractivity contribution >= 4 is 6.71 Å². The second-order valence-electron chi connectivity index (χ2n) is 2.71. The molecule has 0 aromatic rings. The van der Waals surface area contributed by atoms with Crippen molar-refractivity contribution in [1.29, 1.82) is 5.26 Å². The molecule has 9 heavy (non-hydrogen) atoms. The Balaban J connectivity index is 2.28. The molecule has 0 atom stereocenters. The maximum atomic E-state index is 8.51. The number of hydrogen-bond acceptors (Lipinski definition) is 2. The van der Waals surface area contributed by atoms with E-state index in [4.69, 9.17) is 5.26 Å². The van der Waals surface area contributed by atoms with Crippen molar-refractivity contribution in [3.05, 3.63) is 0 Å². The minimum absolute atomic E-state index is 0.334. The number of rotatable bonds is 0. The number of nitriles is 1. The van der Waals surface area contributed by atoms with E-state index in [-0.39, 0.29) is 0 Å². The molecule has 0 aromatic carbocycles. The predicted molar refractivity (Wildman–Crippen MR) is 38.5 cm³/mol. The van der Waals surface area contributed by atoms with Gasteiger partial charge in [-0.25, -0.2) is 5.26 Å². The van der Waals surface area contributed by atoms with E-state index >= 15 is 0 Å². The van der Waals surface area contributed by atoms with Crippen molar-refractivity contribution in [3.63, 3.8) is 0 Å². The quantitative estimate of drug-likeness (QED) is 0.437. The summed E-state index contributed by atoms with van der Waals surface area (Å²) in [4.78, 5) is 2.27. The molecule has 0 aromatic heterocycles. The summed E-state index contributed by atoms with van der Waals surface area (Å²) in [5.74, 6) is 2.30. The van der Waals surface area contributed by atoms with Crippen LogP contribution in [0.1, 0.15) is 0 Å². The monoisotopic (exact) mass is 122 g/mol. The lowest BCUT2D eigenvalue weighted by Crippen LogP contribution is -2.33. The fraction of sp³-hybridized carbons (Fsp3) is 0.833. The van der Waals surface area contributed by atoms with E-state index in [0.717, 1.165) is 25.7 Å². The average molecular weight is 122 g/mol. The lowest BCUT2D eigenvalue weighted by atomic mass is 9.45. The van der Waals surface area contributed by atoms with Gasteiger partial charge in [0.05, 0.1) is 0 Å². The van der Waals surface area contributed by atoms with Crippen molar-refractivity contribution < 1.29 is 0 Å². The van der Waals surface area contributed by atoms with Crippen LogP contribution in [-0.2, 0) is 0 Å². The summed E-state index contributed by atoms with van der Waals surface area (Å²) >= 11 is 0. The highest BCUT2D eigenvalue weighted by atomic mass is 15.1. The molecule has 2 nitrogen and oxygen atoms in total. The van der Waals surface area contributed by atoms with Gasteiger partial charge in [-0.1, -0.05) is 0 Å². The van der Waals surface area contributed by atoms with E-state index in [1.165, 1.54) is 0 Å². The lowest BCUT2D eigenvalue weighted by Gasteiger charge is -2.22. The smallest absolute Gasteiger partial charge is 0.270 e. The molecule has 1 saturated heterocycles. The molecular formula is C6H11BN2. The summed E-state index contributed by atoms with van der Waals surface area (Å²) in [6.07, 6.45) is 2.12. The first-order chi connectivity index (χ1) is 4.33. The molecule has 0 bridgehead atoms. The molecule has 1 rings (SSSR count). The van der Waals surface area contributed by atoms with E-state index < -0.39 is 0 Å². The largest absolute Gasteiger partial charge is 0.308 e. The van der Waals surface area contributed by atoms with Crippen molar-refractivity contribution in [2.45, 2.75) is 12.6 Å². The molecule has 3 heteroatoms. The first-order valence-electron chi connectivity index (χ1n) is 3.41. The summed E-state index contributed by atoms with van der Waals surface area (Å²) in [7, 11) is 2.10. The predicted octanol–water partition coefficient (Wildman–Crippen LogP) is 0.489. The first-order valence-corrected chi connectivity index (χ1v) is 3.41. The molecule has 1 fully saturated rings. The molecule has 0 amide bonds. The molecule has 0 unspecified atom stereocenters. The van der Waals surface area contributed by atoms with Crippen LogP contribution in [0.4, 0.5) is 0 Å². The molecular weight excluding hydrogens is 111 g/mol. The van der Waals surface area contributed by atoms with Crippen LogP contribution < -0.4 is 0 Å². The molecule has 0 radical (unpaired) electrons. The van der Waals surface area contributed by atoms with Gasteiger partial charge in [-0.15, -0.1) is 0 Å². The third-order valence-corrected chi connectivity index (χ3v) is 1.90. The molecule has 1 heterocycles. The molecule has 48 valence electrons. The highest BCUT2D eigenvalue weighted by Crippen LogP contribution is 2.07. The van der Waals surface area contributed by atoms with Crippen LogP contribution in [-0.4, -0.2) is 31.7 Å². The van der Waals surface area contributed by atoms with Gasteiger partial charge in [0.2, 0.25) is 0 Å². The summed E-state index contributed by atoms with van der Waals surface area (Å²) in [6, 6.07) is 0. The van der Waals surface area contributed by atoms with Crippen molar-refractivity contribution in [2.75, 3.05) is 20.1 Å². The first kappa shape index (κ1) is 6.63. The molecule has 0 spiro atoms. The number of hydrogen-bond donors (Lipinski definition) is 0. The Labute approximate surface area is 56.5 Å². The van der Waals surface area contributed by atoms with Gasteiger partial charge in [0.15, 0.2) is 0 Å². The average Bonchev–Trinajstić information content (AvgIpc) is 1.90. The molecule has 0 saturated carbocycles. The summed E-state index contributed by atoms with van der Waals surface area (Å²) in [5, 5.41) is 8.51. The SMILES string of the molecule is CN1CCB(C#N)CC1. The maximum Gasteiger partial charge on any atom is 0.270 e. The Hall–Kier alpha value is -0.485. The van der Waals surface area contributed by atoms with E-state index in [2.05, 4.69) is 17.9 Å². The van der Waals surface area contributed by atoms with E-state index in [1.54, 1.807) is 0 Å².